The molecule has 1 atom stereocenters. The van der Waals surface area contributed by atoms with Gasteiger partial charge < -0.3 is 9.42 Å². The van der Waals surface area contributed by atoms with Gasteiger partial charge in [-0.2, -0.15) is 0 Å². The molecule has 0 aliphatic rings. The molecule has 8 heteroatoms. The van der Waals surface area contributed by atoms with Crippen LogP contribution < -0.4 is 10.0 Å². The molecular formula is C6H9N3O3PS+. The normalized spacial score (nSPS) is 15.9. The van der Waals surface area contributed by atoms with Gasteiger partial charge in [-0.3, -0.25) is 4.57 Å². The number of rotatable bonds is 2. The highest BCUT2D eigenvalue weighted by atomic mass is 32.1. The van der Waals surface area contributed by atoms with Crippen LogP contribution in [0.1, 0.15) is 0 Å². The summed E-state index contributed by atoms with van der Waals surface area (Å²) in [5.74, 6) is 0. The monoisotopic (exact) mass is 234 g/mol. The highest BCUT2D eigenvalue weighted by Gasteiger charge is 2.31. The minimum atomic E-state index is -3.71. The first kappa shape index (κ1) is 9.79. The van der Waals surface area contributed by atoms with Gasteiger partial charge in [-0.15, -0.1) is 0 Å². The molecule has 0 radical (unpaired) electrons. The van der Waals surface area contributed by atoms with Crippen molar-refractivity contribution in [3.63, 3.8) is 0 Å². The average molecular weight is 234 g/mol. The smallest absolute Gasteiger partial charge is 0.319 e. The summed E-state index contributed by atoms with van der Waals surface area (Å²) in [7, 11) is -0.693. The van der Waals surface area contributed by atoms with Crippen molar-refractivity contribution in [2.24, 2.45) is 7.05 Å². The summed E-state index contributed by atoms with van der Waals surface area (Å²) in [4.78, 5) is 10.2. The van der Waals surface area contributed by atoms with Gasteiger partial charge in [0.15, 0.2) is 0 Å². The van der Waals surface area contributed by atoms with E-state index in [0.717, 1.165) is 4.96 Å². The minimum absolute atomic E-state index is 0.195. The van der Waals surface area contributed by atoms with Crippen molar-refractivity contribution in [1.29, 1.82) is 0 Å². The van der Waals surface area contributed by atoms with Crippen molar-refractivity contribution in [3.05, 3.63) is 11.7 Å². The molecule has 0 fully saturated rings. The van der Waals surface area contributed by atoms with Crippen LogP contribution >= 0.6 is 18.9 Å². The Morgan fingerprint density at radius 2 is 2.50 bits per heavy atom. The molecule has 1 N–H and O–H groups in total. The van der Waals surface area contributed by atoms with E-state index in [1.54, 1.807) is 16.3 Å². The van der Waals surface area contributed by atoms with E-state index < -0.39 is 7.60 Å². The maximum absolute atomic E-state index is 11.5. The summed E-state index contributed by atoms with van der Waals surface area (Å²) in [6.45, 7) is 0. The van der Waals surface area contributed by atoms with Crippen LogP contribution in [0.3, 0.4) is 0 Å². The van der Waals surface area contributed by atoms with Crippen LogP contribution in [0, 0.1) is 0 Å². The van der Waals surface area contributed by atoms with Crippen molar-refractivity contribution in [2.75, 3.05) is 7.11 Å². The first-order valence-corrected chi connectivity index (χ1v) is 6.22. The zero-order chi connectivity index (χ0) is 10.3. The summed E-state index contributed by atoms with van der Waals surface area (Å²) >= 11 is 1.34. The molecule has 1 unspecified atom stereocenters. The van der Waals surface area contributed by atoms with Gasteiger partial charge in [-0.25, -0.2) is 4.57 Å². The maximum atomic E-state index is 11.5. The number of fused-ring (bicyclic) bond motifs is 1. The molecule has 0 saturated heterocycles. The zero-order valence-corrected chi connectivity index (χ0v) is 9.33. The number of hydrogen-bond donors (Lipinski definition) is 1. The topological polar surface area (TPSA) is 67.7 Å². The van der Waals surface area contributed by atoms with Crippen molar-refractivity contribution in [2.45, 2.75) is 0 Å². The molecule has 76 valence electrons. The largest absolute Gasteiger partial charge is 0.394 e. The fourth-order valence-corrected chi connectivity index (χ4v) is 3.20. The highest BCUT2D eigenvalue weighted by molar-refractivity contribution is 7.61. The molecule has 14 heavy (non-hydrogen) atoms. The van der Waals surface area contributed by atoms with Crippen LogP contribution in [0.4, 0.5) is 0 Å². The predicted octanol–water partition coefficient (Wildman–Crippen LogP) is -0.323. The van der Waals surface area contributed by atoms with Crippen LogP contribution in [0.25, 0.3) is 4.96 Å². The first-order valence-electron chi connectivity index (χ1n) is 3.76. The van der Waals surface area contributed by atoms with Crippen LogP contribution in [-0.4, -0.2) is 21.6 Å². The number of hydrogen-bond acceptors (Lipinski definition) is 4. The van der Waals surface area contributed by atoms with E-state index >= 15 is 0 Å². The van der Waals surface area contributed by atoms with E-state index in [9.17, 15) is 9.46 Å². The molecule has 0 spiro atoms. The molecule has 2 heterocycles. The Kier molecular flexibility index (Phi) is 2.19. The van der Waals surface area contributed by atoms with E-state index in [-0.39, 0.29) is 5.44 Å². The molecule has 0 aliphatic heterocycles. The van der Waals surface area contributed by atoms with Gasteiger partial charge in [0, 0.05) is 17.6 Å². The molecule has 0 bridgehead atoms. The molecule has 0 amide bonds. The van der Waals surface area contributed by atoms with Gasteiger partial charge in [0.25, 0.3) is 6.33 Å². The SMILES string of the molecule is COP(=O)(O)c1csc2n1nc[n+]2C. The Bertz CT molecular complexity index is 519. The van der Waals surface area contributed by atoms with E-state index in [0.29, 0.717) is 0 Å². The summed E-state index contributed by atoms with van der Waals surface area (Å²) in [5, 5.41) is 5.55. The standard InChI is InChI=1S/C6H8N3O3PS/c1-8-4-7-9-5(3-14-6(8)9)13(10,11)12-2/h3-4H,1-2H3/p+1. The predicted molar refractivity (Wildman–Crippen MR) is 50.7 cm³/mol. The van der Waals surface area contributed by atoms with E-state index in [1.165, 1.54) is 23.0 Å². The highest BCUT2D eigenvalue weighted by Crippen LogP contribution is 2.39. The van der Waals surface area contributed by atoms with Crippen molar-refractivity contribution < 1.29 is 18.5 Å². The molecule has 2 aromatic heterocycles. The van der Waals surface area contributed by atoms with Gasteiger partial charge in [-0.1, -0.05) is 15.9 Å². The maximum Gasteiger partial charge on any atom is 0.394 e. The number of nitrogens with zero attached hydrogens (tertiary/aromatic N) is 3. The average Bonchev–Trinajstić information content (AvgIpc) is 2.69. The Hall–Kier alpha value is -0.750. The summed E-state index contributed by atoms with van der Waals surface area (Å²) in [5.41, 5.74) is 0.195. The summed E-state index contributed by atoms with van der Waals surface area (Å²) in [6.07, 6.45) is 1.57. The van der Waals surface area contributed by atoms with Gasteiger partial charge >= 0.3 is 12.6 Å². The van der Waals surface area contributed by atoms with Crippen molar-refractivity contribution in [3.8, 4) is 0 Å². The molecule has 0 saturated carbocycles. The van der Waals surface area contributed by atoms with E-state index in [1.807, 2.05) is 7.05 Å². The quantitative estimate of drug-likeness (QED) is 0.571. The lowest BCUT2D eigenvalue weighted by molar-refractivity contribution is -0.643. The molecule has 0 aromatic carbocycles. The number of thiazole rings is 1. The second kappa shape index (κ2) is 3.13. The lowest BCUT2D eigenvalue weighted by atomic mass is 11.0. The first-order chi connectivity index (χ1) is 6.56. The molecule has 2 rings (SSSR count). The second-order valence-electron chi connectivity index (χ2n) is 2.73. The third-order valence-corrected chi connectivity index (χ3v) is 4.43. The lowest BCUT2D eigenvalue weighted by Crippen LogP contribution is -2.24. The minimum Gasteiger partial charge on any atom is -0.319 e. The van der Waals surface area contributed by atoms with Crippen molar-refractivity contribution in [1.82, 2.24) is 9.61 Å². The fraction of sp³-hybridized carbons (Fsp3) is 0.333. The van der Waals surface area contributed by atoms with Gasteiger partial charge in [0.1, 0.15) is 0 Å². The third kappa shape index (κ3) is 1.29. The van der Waals surface area contributed by atoms with Gasteiger partial charge in [0.05, 0.1) is 7.05 Å². The van der Waals surface area contributed by atoms with Crippen molar-refractivity contribution >= 4 is 29.3 Å². The van der Waals surface area contributed by atoms with Gasteiger partial charge in [-0.05, 0) is 0 Å². The van der Waals surface area contributed by atoms with E-state index in [4.69, 9.17) is 0 Å². The zero-order valence-electron chi connectivity index (χ0n) is 7.62. The van der Waals surface area contributed by atoms with Crippen LogP contribution in [0.2, 0.25) is 0 Å². The molecule has 0 aliphatic carbocycles. The second-order valence-corrected chi connectivity index (χ2v) is 5.43. The number of aromatic nitrogens is 3. The third-order valence-electron chi connectivity index (χ3n) is 1.85. The Labute approximate surface area is 83.9 Å². The van der Waals surface area contributed by atoms with E-state index in [2.05, 4.69) is 9.62 Å². The lowest BCUT2D eigenvalue weighted by Gasteiger charge is -2.01. The molecule has 2 aromatic rings. The Morgan fingerprint density at radius 3 is 3.14 bits per heavy atom. The molecule has 6 nitrogen and oxygen atoms in total. The summed E-state index contributed by atoms with van der Waals surface area (Å²) in [6, 6.07) is 0. The molecular weight excluding hydrogens is 225 g/mol. The Balaban J connectivity index is 2.70. The Morgan fingerprint density at radius 1 is 1.79 bits per heavy atom. The van der Waals surface area contributed by atoms with Crippen LogP contribution in [0.15, 0.2) is 11.7 Å². The fourth-order valence-electron chi connectivity index (χ4n) is 1.10. The summed E-state index contributed by atoms with van der Waals surface area (Å²) < 4.78 is 19.3. The van der Waals surface area contributed by atoms with Gasteiger partial charge in [0.2, 0.25) is 5.44 Å². The number of aryl methyl sites for hydroxylation is 1. The van der Waals surface area contributed by atoms with Crippen LogP contribution in [0.5, 0.6) is 0 Å². The van der Waals surface area contributed by atoms with Crippen LogP contribution in [-0.2, 0) is 16.1 Å².